The highest BCUT2D eigenvalue weighted by atomic mass is 16.5. The molecular weight excluding hydrogens is 244 g/mol. The highest BCUT2D eigenvalue weighted by molar-refractivity contribution is 5.19. The van der Waals surface area contributed by atoms with Gasteiger partial charge in [-0.25, -0.2) is 0 Å². The molecule has 2 aromatic heterocycles. The van der Waals surface area contributed by atoms with E-state index in [1.165, 1.54) is 0 Å². The molecule has 0 aliphatic carbocycles. The lowest BCUT2D eigenvalue weighted by molar-refractivity contribution is 0.242. The van der Waals surface area contributed by atoms with Crippen molar-refractivity contribution in [3.63, 3.8) is 0 Å². The Morgan fingerprint density at radius 2 is 2.21 bits per heavy atom. The number of hydrogen-bond donors (Lipinski definition) is 1. The molecular formula is C13H18N4O2. The molecule has 0 bridgehead atoms. The summed E-state index contributed by atoms with van der Waals surface area (Å²) in [5, 5.41) is 7.00. The molecule has 0 aromatic carbocycles. The van der Waals surface area contributed by atoms with E-state index in [1.54, 1.807) is 13.1 Å². The zero-order valence-electron chi connectivity index (χ0n) is 11.4. The maximum Gasteiger partial charge on any atom is 0.264 e. The third kappa shape index (κ3) is 4.33. The first kappa shape index (κ1) is 13.5. The average molecular weight is 262 g/mol. The molecule has 0 aliphatic heterocycles. The second-order valence-corrected chi connectivity index (χ2v) is 4.54. The fourth-order valence-electron chi connectivity index (χ4n) is 1.45. The summed E-state index contributed by atoms with van der Waals surface area (Å²) in [7, 11) is 0. The van der Waals surface area contributed by atoms with Crippen LogP contribution in [0.2, 0.25) is 0 Å². The van der Waals surface area contributed by atoms with Gasteiger partial charge in [0.2, 0.25) is 0 Å². The van der Waals surface area contributed by atoms with Crippen LogP contribution in [0.1, 0.15) is 31.3 Å². The summed E-state index contributed by atoms with van der Waals surface area (Å²) < 4.78 is 10.5. The Morgan fingerprint density at radius 1 is 1.37 bits per heavy atom. The summed E-state index contributed by atoms with van der Waals surface area (Å²) >= 11 is 0. The van der Waals surface area contributed by atoms with Crippen LogP contribution in [0.25, 0.3) is 0 Å². The quantitative estimate of drug-likeness (QED) is 0.856. The van der Waals surface area contributed by atoms with Crippen molar-refractivity contribution in [2.75, 3.05) is 0 Å². The molecule has 0 unspecified atom stereocenters. The van der Waals surface area contributed by atoms with Gasteiger partial charge in [0.05, 0.1) is 11.9 Å². The Hall–Kier alpha value is -1.95. The molecule has 0 spiro atoms. The van der Waals surface area contributed by atoms with E-state index in [9.17, 15) is 0 Å². The molecule has 19 heavy (non-hydrogen) atoms. The van der Waals surface area contributed by atoms with Crippen molar-refractivity contribution in [2.45, 2.75) is 40.0 Å². The van der Waals surface area contributed by atoms with Gasteiger partial charge < -0.3 is 14.6 Å². The molecule has 102 valence electrons. The van der Waals surface area contributed by atoms with E-state index in [-0.39, 0.29) is 6.61 Å². The summed E-state index contributed by atoms with van der Waals surface area (Å²) in [6, 6.07) is 4.26. The number of nitrogens with zero attached hydrogens (tertiary/aromatic N) is 3. The van der Waals surface area contributed by atoms with Crippen LogP contribution < -0.4 is 10.1 Å². The molecule has 0 saturated carbocycles. The van der Waals surface area contributed by atoms with E-state index in [2.05, 4.69) is 34.3 Å². The minimum Gasteiger partial charge on any atom is -0.482 e. The zero-order chi connectivity index (χ0) is 13.7. The molecule has 1 N–H and O–H groups in total. The highest BCUT2D eigenvalue weighted by Crippen LogP contribution is 2.11. The summed E-state index contributed by atoms with van der Waals surface area (Å²) in [6.45, 7) is 6.98. The lowest BCUT2D eigenvalue weighted by Gasteiger charge is -2.08. The van der Waals surface area contributed by atoms with Crippen molar-refractivity contribution >= 4 is 0 Å². The van der Waals surface area contributed by atoms with Crippen molar-refractivity contribution in [3.05, 3.63) is 35.7 Å². The van der Waals surface area contributed by atoms with E-state index in [1.807, 2.05) is 12.1 Å². The van der Waals surface area contributed by atoms with Gasteiger partial charge in [-0.3, -0.25) is 4.98 Å². The maximum absolute atomic E-state index is 5.51. The van der Waals surface area contributed by atoms with Crippen molar-refractivity contribution < 1.29 is 9.26 Å². The minimum atomic E-state index is 0.256. The summed E-state index contributed by atoms with van der Waals surface area (Å²) in [5.74, 6) is 1.75. The first-order valence-corrected chi connectivity index (χ1v) is 6.24. The number of pyridine rings is 1. The topological polar surface area (TPSA) is 73.1 Å². The standard InChI is InChI=1S/C13H18N4O2/c1-9(2)14-6-11-4-5-12(7-15-11)18-8-13-16-10(3)17-19-13/h4-5,7,9,14H,6,8H2,1-3H3. The molecule has 0 amide bonds. The zero-order valence-corrected chi connectivity index (χ0v) is 11.4. The van der Waals surface area contributed by atoms with Crippen LogP contribution in [0.4, 0.5) is 0 Å². The lowest BCUT2D eigenvalue weighted by Crippen LogP contribution is -2.22. The Labute approximate surface area is 112 Å². The summed E-state index contributed by atoms with van der Waals surface area (Å²) in [5.41, 5.74) is 0.981. The molecule has 0 aliphatic rings. The molecule has 6 heteroatoms. The third-order valence-electron chi connectivity index (χ3n) is 2.42. The molecule has 6 nitrogen and oxygen atoms in total. The van der Waals surface area contributed by atoms with Crippen molar-refractivity contribution in [1.29, 1.82) is 0 Å². The molecule has 0 radical (unpaired) electrons. The van der Waals surface area contributed by atoms with Crippen LogP contribution in [-0.2, 0) is 13.2 Å². The summed E-state index contributed by atoms with van der Waals surface area (Å²) in [6.07, 6.45) is 1.70. The minimum absolute atomic E-state index is 0.256. The van der Waals surface area contributed by atoms with Crippen LogP contribution in [-0.4, -0.2) is 21.2 Å². The highest BCUT2D eigenvalue weighted by Gasteiger charge is 2.04. The molecule has 2 heterocycles. The number of rotatable bonds is 6. The van der Waals surface area contributed by atoms with Gasteiger partial charge in [0.1, 0.15) is 5.75 Å². The molecule has 2 aromatic rings. The van der Waals surface area contributed by atoms with Gasteiger partial charge in [0.15, 0.2) is 12.4 Å². The van der Waals surface area contributed by atoms with Crippen LogP contribution >= 0.6 is 0 Å². The lowest BCUT2D eigenvalue weighted by atomic mass is 10.3. The molecule has 0 saturated heterocycles. The van der Waals surface area contributed by atoms with Crippen molar-refractivity contribution in [2.24, 2.45) is 0 Å². The van der Waals surface area contributed by atoms with Crippen LogP contribution in [0.15, 0.2) is 22.9 Å². The van der Waals surface area contributed by atoms with Gasteiger partial charge in [0, 0.05) is 12.6 Å². The van der Waals surface area contributed by atoms with E-state index < -0.39 is 0 Å². The number of aromatic nitrogens is 3. The van der Waals surface area contributed by atoms with Gasteiger partial charge in [-0.2, -0.15) is 4.98 Å². The Morgan fingerprint density at radius 3 is 2.79 bits per heavy atom. The fraction of sp³-hybridized carbons (Fsp3) is 0.462. The predicted molar refractivity (Wildman–Crippen MR) is 69.6 cm³/mol. The average Bonchev–Trinajstić information content (AvgIpc) is 2.81. The third-order valence-corrected chi connectivity index (χ3v) is 2.42. The van der Waals surface area contributed by atoms with Gasteiger partial charge >= 0.3 is 0 Å². The van der Waals surface area contributed by atoms with E-state index in [0.29, 0.717) is 23.5 Å². The first-order chi connectivity index (χ1) is 9.13. The number of nitrogens with one attached hydrogen (secondary N) is 1. The maximum atomic E-state index is 5.51. The van der Waals surface area contributed by atoms with Crippen molar-refractivity contribution in [1.82, 2.24) is 20.4 Å². The molecule has 2 rings (SSSR count). The van der Waals surface area contributed by atoms with Crippen LogP contribution in [0, 0.1) is 6.92 Å². The first-order valence-electron chi connectivity index (χ1n) is 6.24. The Bertz CT molecular complexity index is 508. The van der Waals surface area contributed by atoms with E-state index in [4.69, 9.17) is 9.26 Å². The van der Waals surface area contributed by atoms with Crippen LogP contribution in [0.5, 0.6) is 5.75 Å². The number of ether oxygens (including phenoxy) is 1. The van der Waals surface area contributed by atoms with Gasteiger partial charge in [-0.1, -0.05) is 19.0 Å². The Kier molecular flexibility index (Phi) is 4.46. The molecule has 0 atom stereocenters. The summed E-state index contributed by atoms with van der Waals surface area (Å²) in [4.78, 5) is 8.37. The van der Waals surface area contributed by atoms with E-state index in [0.717, 1.165) is 12.2 Å². The predicted octanol–water partition coefficient (Wildman–Crippen LogP) is 1.85. The second-order valence-electron chi connectivity index (χ2n) is 4.54. The second kappa shape index (κ2) is 6.29. The monoisotopic (exact) mass is 262 g/mol. The van der Waals surface area contributed by atoms with E-state index >= 15 is 0 Å². The SMILES string of the molecule is Cc1noc(COc2ccc(CNC(C)C)nc2)n1. The van der Waals surface area contributed by atoms with Crippen molar-refractivity contribution in [3.8, 4) is 5.75 Å². The Balaban J connectivity index is 1.84. The number of hydrogen-bond acceptors (Lipinski definition) is 6. The van der Waals surface area contributed by atoms with Gasteiger partial charge in [-0.05, 0) is 19.1 Å². The smallest absolute Gasteiger partial charge is 0.264 e. The normalized spacial score (nSPS) is 10.9. The number of aryl methyl sites for hydroxylation is 1. The van der Waals surface area contributed by atoms with Crippen LogP contribution in [0.3, 0.4) is 0 Å². The van der Waals surface area contributed by atoms with Gasteiger partial charge in [0.25, 0.3) is 5.89 Å². The van der Waals surface area contributed by atoms with Gasteiger partial charge in [-0.15, -0.1) is 0 Å². The molecule has 0 fully saturated rings. The fourth-order valence-corrected chi connectivity index (χ4v) is 1.45. The largest absolute Gasteiger partial charge is 0.482 e.